The van der Waals surface area contributed by atoms with E-state index in [1.165, 1.54) is 6.42 Å². The summed E-state index contributed by atoms with van der Waals surface area (Å²) in [5, 5.41) is 16.2. The zero-order chi connectivity index (χ0) is 18.0. The topological polar surface area (TPSA) is 65.6 Å². The number of hydrogen-bond donors (Lipinski definition) is 1. The van der Waals surface area contributed by atoms with Crippen LogP contribution in [-0.2, 0) is 13.1 Å². The maximum Gasteiger partial charge on any atom is 0.150 e. The summed E-state index contributed by atoms with van der Waals surface area (Å²) in [6.45, 7) is 8.23. The third-order valence-electron chi connectivity index (χ3n) is 6.27. The van der Waals surface area contributed by atoms with E-state index in [1.807, 2.05) is 18.5 Å². The summed E-state index contributed by atoms with van der Waals surface area (Å²) in [5.74, 6) is 1.32. The Morgan fingerprint density at radius 1 is 1.23 bits per heavy atom. The minimum absolute atomic E-state index is 0.287. The first-order valence-electron chi connectivity index (χ1n) is 9.52. The molecule has 2 aliphatic heterocycles. The molecular formula is C19H28N4O2S. The number of rotatable bonds is 5. The number of aliphatic hydroxyl groups is 1. The van der Waals surface area contributed by atoms with Gasteiger partial charge in [0, 0.05) is 37.1 Å². The number of thiazole rings is 1. The summed E-state index contributed by atoms with van der Waals surface area (Å²) < 4.78 is 5.37. The van der Waals surface area contributed by atoms with Crippen LogP contribution in [0.2, 0.25) is 0 Å². The number of nitrogens with zero attached hydrogens (tertiary/aromatic N) is 4. The van der Waals surface area contributed by atoms with Crippen LogP contribution in [0.25, 0.3) is 0 Å². The molecule has 0 aromatic carbocycles. The van der Waals surface area contributed by atoms with E-state index < -0.39 is 0 Å². The molecule has 1 N–H and O–H groups in total. The summed E-state index contributed by atoms with van der Waals surface area (Å²) >= 11 is 1.65. The summed E-state index contributed by atoms with van der Waals surface area (Å²) in [5.41, 5.74) is 4.29. The van der Waals surface area contributed by atoms with Crippen molar-refractivity contribution in [1.29, 1.82) is 0 Å². The van der Waals surface area contributed by atoms with Gasteiger partial charge in [0.05, 0.1) is 23.4 Å². The molecule has 0 radical (unpaired) electrons. The molecule has 2 saturated heterocycles. The second-order valence-corrected chi connectivity index (χ2v) is 8.64. The molecule has 4 heterocycles. The fraction of sp³-hybridized carbons (Fsp3) is 0.684. The van der Waals surface area contributed by atoms with Crippen molar-refractivity contribution in [2.75, 3.05) is 32.8 Å². The number of aliphatic hydroxyl groups excluding tert-OH is 1. The van der Waals surface area contributed by atoms with Crippen LogP contribution in [0.3, 0.4) is 0 Å². The van der Waals surface area contributed by atoms with Crippen molar-refractivity contribution in [2.24, 2.45) is 11.3 Å². The first-order valence-corrected chi connectivity index (χ1v) is 10.5. The monoisotopic (exact) mass is 376 g/mol. The number of hydrogen-bond acceptors (Lipinski definition) is 7. The van der Waals surface area contributed by atoms with Crippen LogP contribution in [0, 0.1) is 18.3 Å². The fourth-order valence-corrected chi connectivity index (χ4v) is 5.20. The Kier molecular flexibility index (Phi) is 5.40. The lowest BCUT2D eigenvalue weighted by molar-refractivity contribution is -0.0461. The van der Waals surface area contributed by atoms with E-state index in [0.29, 0.717) is 11.3 Å². The van der Waals surface area contributed by atoms with Crippen LogP contribution in [0.4, 0.5) is 0 Å². The quantitative estimate of drug-likeness (QED) is 0.865. The van der Waals surface area contributed by atoms with Gasteiger partial charge in [-0.25, -0.2) is 4.98 Å². The average molecular weight is 377 g/mol. The molecule has 1 atom stereocenters. The minimum atomic E-state index is 0.287. The second-order valence-electron chi connectivity index (χ2n) is 7.92. The van der Waals surface area contributed by atoms with Gasteiger partial charge in [-0.05, 0) is 51.2 Å². The van der Waals surface area contributed by atoms with Crippen LogP contribution in [0.5, 0.6) is 0 Å². The first-order chi connectivity index (χ1) is 12.7. The van der Waals surface area contributed by atoms with E-state index in [9.17, 15) is 5.11 Å². The molecular weight excluding hydrogens is 348 g/mol. The largest absolute Gasteiger partial charge is 0.396 e. The fourth-order valence-electron chi connectivity index (χ4n) is 4.65. The predicted octanol–water partition coefficient (Wildman–Crippen LogP) is 2.54. The number of piperidine rings is 2. The van der Waals surface area contributed by atoms with Crippen LogP contribution in [0.15, 0.2) is 21.5 Å². The Bertz CT molecular complexity index is 694. The van der Waals surface area contributed by atoms with Gasteiger partial charge in [0.2, 0.25) is 0 Å². The van der Waals surface area contributed by atoms with Gasteiger partial charge in [-0.1, -0.05) is 5.16 Å². The van der Waals surface area contributed by atoms with Gasteiger partial charge in [0.25, 0.3) is 0 Å². The summed E-state index contributed by atoms with van der Waals surface area (Å²) in [6.07, 6.45) is 3.50. The standard InChI is InChI=1S/C19H28N4O2S/c1-15-8-18(25-21-15)11-22-5-2-19(3-6-22)4-7-23(9-16(19)12-24)10-17-13-26-14-20-17/h8,13-14,16,24H,2-7,9-12H2,1H3/t16-/m0/s1. The maximum absolute atomic E-state index is 10.1. The predicted molar refractivity (Wildman–Crippen MR) is 101 cm³/mol. The van der Waals surface area contributed by atoms with Crippen molar-refractivity contribution in [3.63, 3.8) is 0 Å². The number of likely N-dealkylation sites (tertiary alicyclic amines) is 2. The highest BCUT2D eigenvalue weighted by molar-refractivity contribution is 7.07. The van der Waals surface area contributed by atoms with Gasteiger partial charge in [0.15, 0.2) is 5.76 Å². The Morgan fingerprint density at radius 2 is 2.00 bits per heavy atom. The van der Waals surface area contributed by atoms with Gasteiger partial charge in [0.1, 0.15) is 0 Å². The Hall–Kier alpha value is -1.28. The Balaban J connectivity index is 1.33. The smallest absolute Gasteiger partial charge is 0.150 e. The summed E-state index contributed by atoms with van der Waals surface area (Å²) in [4.78, 5) is 9.33. The maximum atomic E-state index is 10.1. The highest BCUT2D eigenvalue weighted by Crippen LogP contribution is 2.45. The van der Waals surface area contributed by atoms with Gasteiger partial charge >= 0.3 is 0 Å². The van der Waals surface area contributed by atoms with Gasteiger partial charge < -0.3 is 9.63 Å². The summed E-state index contributed by atoms with van der Waals surface area (Å²) in [6, 6.07) is 2.03. The Labute approximate surface area is 158 Å². The van der Waals surface area contributed by atoms with Crippen LogP contribution in [-0.4, -0.2) is 57.8 Å². The first kappa shape index (κ1) is 18.1. The molecule has 6 nitrogen and oxygen atoms in total. The van der Waals surface area contributed by atoms with Gasteiger partial charge in [-0.15, -0.1) is 11.3 Å². The van der Waals surface area contributed by atoms with Gasteiger partial charge in [-0.3, -0.25) is 9.80 Å². The van der Waals surface area contributed by atoms with E-state index in [-0.39, 0.29) is 6.61 Å². The van der Waals surface area contributed by atoms with E-state index in [0.717, 1.165) is 69.3 Å². The molecule has 0 saturated carbocycles. The number of aryl methyl sites for hydroxylation is 1. The minimum Gasteiger partial charge on any atom is -0.396 e. The lowest BCUT2D eigenvalue weighted by Crippen LogP contribution is -2.53. The summed E-state index contributed by atoms with van der Waals surface area (Å²) in [7, 11) is 0. The van der Waals surface area contributed by atoms with Crippen molar-refractivity contribution >= 4 is 11.3 Å². The molecule has 2 aliphatic rings. The van der Waals surface area contributed by atoms with E-state index in [4.69, 9.17) is 4.52 Å². The SMILES string of the molecule is Cc1cc(CN2CCC3(CC2)CCN(Cc2cscn2)C[C@H]3CO)on1. The molecule has 1 spiro atoms. The molecule has 7 heteroatoms. The average Bonchev–Trinajstić information content (AvgIpc) is 3.30. The highest BCUT2D eigenvalue weighted by Gasteiger charge is 2.44. The molecule has 0 aliphatic carbocycles. The third kappa shape index (κ3) is 3.86. The lowest BCUT2D eigenvalue weighted by Gasteiger charge is -2.51. The molecule has 0 bridgehead atoms. The molecule has 0 unspecified atom stereocenters. The lowest BCUT2D eigenvalue weighted by atomic mass is 9.64. The van der Waals surface area contributed by atoms with Crippen molar-refractivity contribution in [3.8, 4) is 0 Å². The zero-order valence-electron chi connectivity index (χ0n) is 15.4. The molecule has 2 fully saturated rings. The van der Waals surface area contributed by atoms with E-state index in [1.54, 1.807) is 11.3 Å². The van der Waals surface area contributed by atoms with Gasteiger partial charge in [-0.2, -0.15) is 0 Å². The molecule has 26 heavy (non-hydrogen) atoms. The molecule has 2 aromatic rings. The Morgan fingerprint density at radius 3 is 2.62 bits per heavy atom. The van der Waals surface area contributed by atoms with Crippen molar-refractivity contribution < 1.29 is 9.63 Å². The van der Waals surface area contributed by atoms with Crippen LogP contribution < -0.4 is 0 Å². The normalized spacial score (nSPS) is 24.3. The zero-order valence-corrected chi connectivity index (χ0v) is 16.2. The van der Waals surface area contributed by atoms with Crippen LogP contribution in [0.1, 0.15) is 36.4 Å². The van der Waals surface area contributed by atoms with Crippen molar-refractivity contribution in [3.05, 3.63) is 34.1 Å². The van der Waals surface area contributed by atoms with Crippen molar-refractivity contribution in [1.82, 2.24) is 19.9 Å². The molecule has 142 valence electrons. The van der Waals surface area contributed by atoms with Crippen LogP contribution >= 0.6 is 11.3 Å². The van der Waals surface area contributed by atoms with E-state index in [2.05, 4.69) is 25.3 Å². The molecule has 0 amide bonds. The second kappa shape index (κ2) is 7.76. The van der Waals surface area contributed by atoms with E-state index >= 15 is 0 Å². The number of aromatic nitrogens is 2. The van der Waals surface area contributed by atoms with Crippen molar-refractivity contribution in [2.45, 2.75) is 39.3 Å². The highest BCUT2D eigenvalue weighted by atomic mass is 32.1. The molecule has 2 aromatic heterocycles. The molecule has 4 rings (SSSR count). The third-order valence-corrected chi connectivity index (χ3v) is 6.90.